The molecule has 1 N–H and O–H groups in total. The largest absolute Gasteiger partial charge is 0.306 e. The van der Waals surface area contributed by atoms with Gasteiger partial charge in [0.25, 0.3) is 0 Å². The SMILES string of the molecule is C[C@H](NCc1cnn(C)c1)c1ccccc1Cl. The van der Waals surface area contributed by atoms with E-state index in [1.165, 1.54) is 5.56 Å². The summed E-state index contributed by atoms with van der Waals surface area (Å²) in [5.41, 5.74) is 2.30. The summed E-state index contributed by atoms with van der Waals surface area (Å²) in [6.45, 7) is 2.90. The van der Waals surface area contributed by atoms with Gasteiger partial charge in [-0.05, 0) is 18.6 Å². The summed E-state index contributed by atoms with van der Waals surface area (Å²) in [6.07, 6.45) is 3.87. The van der Waals surface area contributed by atoms with Crippen LogP contribution in [0.4, 0.5) is 0 Å². The van der Waals surface area contributed by atoms with E-state index < -0.39 is 0 Å². The lowest BCUT2D eigenvalue weighted by molar-refractivity contribution is 0.574. The van der Waals surface area contributed by atoms with Crippen LogP contribution in [0.1, 0.15) is 24.1 Å². The highest BCUT2D eigenvalue weighted by molar-refractivity contribution is 6.31. The lowest BCUT2D eigenvalue weighted by Crippen LogP contribution is -2.18. The Kier molecular flexibility index (Phi) is 3.82. The molecule has 2 rings (SSSR count). The number of nitrogens with zero attached hydrogens (tertiary/aromatic N) is 2. The van der Waals surface area contributed by atoms with E-state index in [1.54, 1.807) is 4.68 Å². The van der Waals surface area contributed by atoms with Crippen molar-refractivity contribution in [2.45, 2.75) is 19.5 Å². The van der Waals surface area contributed by atoms with Crippen LogP contribution in [0.25, 0.3) is 0 Å². The van der Waals surface area contributed by atoms with Crippen molar-refractivity contribution in [2.75, 3.05) is 0 Å². The first kappa shape index (κ1) is 12.1. The average molecular weight is 250 g/mol. The Bertz CT molecular complexity index is 493. The second kappa shape index (κ2) is 5.34. The highest BCUT2D eigenvalue weighted by atomic mass is 35.5. The minimum Gasteiger partial charge on any atom is -0.306 e. The van der Waals surface area contributed by atoms with Crippen molar-refractivity contribution in [3.05, 3.63) is 52.8 Å². The third-order valence-electron chi connectivity index (χ3n) is 2.74. The maximum absolute atomic E-state index is 6.15. The summed E-state index contributed by atoms with van der Waals surface area (Å²) in [6, 6.07) is 8.13. The summed E-state index contributed by atoms with van der Waals surface area (Å²) in [5, 5.41) is 8.37. The third kappa shape index (κ3) is 3.08. The van der Waals surface area contributed by atoms with Gasteiger partial charge in [-0.2, -0.15) is 5.10 Å². The van der Waals surface area contributed by atoms with Crippen LogP contribution in [-0.2, 0) is 13.6 Å². The van der Waals surface area contributed by atoms with Gasteiger partial charge in [0.2, 0.25) is 0 Å². The second-order valence-corrected chi connectivity index (χ2v) is 4.55. The first-order valence-corrected chi connectivity index (χ1v) is 6.00. The van der Waals surface area contributed by atoms with Gasteiger partial charge in [0.1, 0.15) is 0 Å². The van der Waals surface area contributed by atoms with Crippen LogP contribution in [0, 0.1) is 0 Å². The molecule has 4 heteroatoms. The predicted molar refractivity (Wildman–Crippen MR) is 69.9 cm³/mol. The van der Waals surface area contributed by atoms with Crippen molar-refractivity contribution in [3.63, 3.8) is 0 Å². The molecule has 0 unspecified atom stereocenters. The van der Waals surface area contributed by atoms with E-state index in [0.717, 1.165) is 17.1 Å². The fraction of sp³-hybridized carbons (Fsp3) is 0.308. The predicted octanol–water partition coefficient (Wildman–Crippen LogP) is 2.92. The summed E-state index contributed by atoms with van der Waals surface area (Å²) in [4.78, 5) is 0. The topological polar surface area (TPSA) is 29.9 Å². The minimum absolute atomic E-state index is 0.226. The Morgan fingerprint density at radius 2 is 2.18 bits per heavy atom. The van der Waals surface area contributed by atoms with Gasteiger partial charge in [0.15, 0.2) is 0 Å². The number of nitrogens with one attached hydrogen (secondary N) is 1. The quantitative estimate of drug-likeness (QED) is 0.903. The number of benzene rings is 1. The van der Waals surface area contributed by atoms with E-state index in [0.29, 0.717) is 0 Å². The molecule has 0 aliphatic rings. The van der Waals surface area contributed by atoms with Crippen molar-refractivity contribution in [2.24, 2.45) is 7.05 Å². The van der Waals surface area contributed by atoms with E-state index in [4.69, 9.17) is 11.6 Å². The molecule has 1 aromatic carbocycles. The lowest BCUT2D eigenvalue weighted by atomic mass is 10.1. The molecule has 0 aliphatic heterocycles. The molecule has 2 aromatic rings. The Balaban J connectivity index is 1.98. The van der Waals surface area contributed by atoms with Crippen molar-refractivity contribution in [1.29, 1.82) is 0 Å². The first-order valence-electron chi connectivity index (χ1n) is 5.62. The van der Waals surface area contributed by atoms with E-state index in [9.17, 15) is 0 Å². The normalized spacial score (nSPS) is 12.6. The number of hydrogen-bond acceptors (Lipinski definition) is 2. The molecule has 0 fully saturated rings. The van der Waals surface area contributed by atoms with Crippen molar-refractivity contribution in [1.82, 2.24) is 15.1 Å². The van der Waals surface area contributed by atoms with Gasteiger partial charge >= 0.3 is 0 Å². The average Bonchev–Trinajstić information content (AvgIpc) is 2.73. The Morgan fingerprint density at radius 3 is 2.82 bits per heavy atom. The van der Waals surface area contributed by atoms with Crippen molar-refractivity contribution in [3.8, 4) is 0 Å². The monoisotopic (exact) mass is 249 g/mol. The first-order chi connectivity index (χ1) is 8.16. The van der Waals surface area contributed by atoms with Crippen LogP contribution in [0.15, 0.2) is 36.7 Å². The zero-order valence-electron chi connectivity index (χ0n) is 10.0. The molecule has 0 saturated carbocycles. The molecule has 90 valence electrons. The Labute approximate surface area is 106 Å². The number of hydrogen-bond donors (Lipinski definition) is 1. The van der Waals surface area contributed by atoms with Crippen LogP contribution in [0.5, 0.6) is 0 Å². The maximum atomic E-state index is 6.15. The third-order valence-corrected chi connectivity index (χ3v) is 3.09. The minimum atomic E-state index is 0.226. The molecule has 1 aromatic heterocycles. The molecule has 3 nitrogen and oxygen atoms in total. The molecule has 0 amide bonds. The standard InChI is InChI=1S/C13H16ClN3/c1-10(12-5-3-4-6-13(12)14)15-7-11-8-16-17(2)9-11/h3-6,8-10,15H,7H2,1-2H3/t10-/m0/s1. The van der Waals surface area contributed by atoms with Gasteiger partial charge < -0.3 is 5.32 Å². The fourth-order valence-electron chi connectivity index (χ4n) is 1.77. The van der Waals surface area contributed by atoms with Gasteiger partial charge in [-0.3, -0.25) is 4.68 Å². The fourth-order valence-corrected chi connectivity index (χ4v) is 2.07. The summed E-state index contributed by atoms with van der Waals surface area (Å²) >= 11 is 6.15. The molecule has 0 aliphatic carbocycles. The molecule has 0 radical (unpaired) electrons. The van der Waals surface area contributed by atoms with Crippen molar-refractivity contribution >= 4 is 11.6 Å². The second-order valence-electron chi connectivity index (χ2n) is 4.15. The molecular formula is C13H16ClN3. The van der Waals surface area contributed by atoms with Crippen LogP contribution in [-0.4, -0.2) is 9.78 Å². The van der Waals surface area contributed by atoms with E-state index >= 15 is 0 Å². The maximum Gasteiger partial charge on any atom is 0.0534 e. The van der Waals surface area contributed by atoms with Crippen LogP contribution < -0.4 is 5.32 Å². The smallest absolute Gasteiger partial charge is 0.0534 e. The van der Waals surface area contributed by atoms with Crippen LogP contribution >= 0.6 is 11.6 Å². The number of rotatable bonds is 4. The Hall–Kier alpha value is -1.32. The summed E-state index contributed by atoms with van der Waals surface area (Å²) < 4.78 is 1.80. The molecule has 0 saturated heterocycles. The summed E-state index contributed by atoms with van der Waals surface area (Å²) in [5.74, 6) is 0. The molecule has 0 spiro atoms. The van der Waals surface area contributed by atoms with Crippen LogP contribution in [0.2, 0.25) is 5.02 Å². The number of halogens is 1. The molecular weight excluding hydrogens is 234 g/mol. The highest BCUT2D eigenvalue weighted by Crippen LogP contribution is 2.22. The van der Waals surface area contributed by atoms with E-state index in [1.807, 2.05) is 43.7 Å². The number of aryl methyl sites for hydroxylation is 1. The molecule has 0 bridgehead atoms. The number of aromatic nitrogens is 2. The zero-order valence-corrected chi connectivity index (χ0v) is 10.8. The van der Waals surface area contributed by atoms with Gasteiger partial charge in [0, 0.05) is 36.4 Å². The van der Waals surface area contributed by atoms with Gasteiger partial charge in [-0.25, -0.2) is 0 Å². The van der Waals surface area contributed by atoms with Gasteiger partial charge in [-0.15, -0.1) is 0 Å². The Morgan fingerprint density at radius 1 is 1.41 bits per heavy atom. The molecule has 1 heterocycles. The zero-order chi connectivity index (χ0) is 12.3. The molecule has 17 heavy (non-hydrogen) atoms. The molecule has 1 atom stereocenters. The lowest BCUT2D eigenvalue weighted by Gasteiger charge is -2.14. The van der Waals surface area contributed by atoms with Crippen molar-refractivity contribution < 1.29 is 0 Å². The highest BCUT2D eigenvalue weighted by Gasteiger charge is 2.08. The summed E-state index contributed by atoms with van der Waals surface area (Å²) in [7, 11) is 1.92. The van der Waals surface area contributed by atoms with Gasteiger partial charge in [-0.1, -0.05) is 29.8 Å². The van der Waals surface area contributed by atoms with E-state index in [-0.39, 0.29) is 6.04 Å². The van der Waals surface area contributed by atoms with Crippen LogP contribution in [0.3, 0.4) is 0 Å². The van der Waals surface area contributed by atoms with E-state index in [2.05, 4.69) is 17.3 Å². The van der Waals surface area contributed by atoms with Gasteiger partial charge in [0.05, 0.1) is 6.20 Å².